The fourth-order valence-electron chi connectivity index (χ4n) is 3.63. The van der Waals surface area contributed by atoms with Crippen molar-refractivity contribution in [3.05, 3.63) is 30.1 Å². The van der Waals surface area contributed by atoms with E-state index in [0.29, 0.717) is 12.0 Å². The van der Waals surface area contributed by atoms with Gasteiger partial charge >= 0.3 is 0 Å². The molecule has 22 heavy (non-hydrogen) atoms. The normalized spacial score (nSPS) is 25.0. The summed E-state index contributed by atoms with van der Waals surface area (Å²) in [5.41, 5.74) is 0.602. The van der Waals surface area contributed by atoms with Gasteiger partial charge in [0.15, 0.2) is 9.84 Å². The van der Waals surface area contributed by atoms with Crippen LogP contribution in [0.5, 0.6) is 0 Å². The van der Waals surface area contributed by atoms with E-state index < -0.39 is 9.84 Å². The second-order valence-corrected chi connectivity index (χ2v) is 8.53. The van der Waals surface area contributed by atoms with Crippen molar-refractivity contribution in [2.45, 2.75) is 50.6 Å². The minimum absolute atomic E-state index is 0.0450. The highest BCUT2D eigenvalue weighted by Crippen LogP contribution is 2.29. The van der Waals surface area contributed by atoms with Gasteiger partial charge in [0.2, 0.25) is 0 Å². The van der Waals surface area contributed by atoms with Crippen LogP contribution < -0.4 is 0 Å². The van der Waals surface area contributed by atoms with E-state index in [0.717, 1.165) is 25.7 Å². The molecule has 1 amide bonds. The molecule has 5 nitrogen and oxygen atoms in total. The first-order valence-corrected chi connectivity index (χ1v) is 9.82. The molecule has 1 aromatic rings. The van der Waals surface area contributed by atoms with Gasteiger partial charge < -0.3 is 4.90 Å². The highest BCUT2D eigenvalue weighted by Gasteiger charge is 2.38. The average molecular weight is 322 g/mol. The Balaban J connectivity index is 1.87. The summed E-state index contributed by atoms with van der Waals surface area (Å²) in [5.74, 6) is 0.265. The molecule has 2 fully saturated rings. The van der Waals surface area contributed by atoms with Crippen molar-refractivity contribution >= 4 is 15.7 Å². The number of aromatic nitrogens is 1. The van der Waals surface area contributed by atoms with E-state index in [4.69, 9.17) is 0 Å². The lowest BCUT2D eigenvalue weighted by Crippen LogP contribution is -2.48. The molecule has 1 aliphatic heterocycles. The van der Waals surface area contributed by atoms with E-state index >= 15 is 0 Å². The largest absolute Gasteiger partial charge is 0.332 e. The van der Waals surface area contributed by atoms with E-state index in [1.807, 2.05) is 4.90 Å². The van der Waals surface area contributed by atoms with E-state index in [1.165, 1.54) is 6.42 Å². The minimum Gasteiger partial charge on any atom is -0.332 e. The van der Waals surface area contributed by atoms with Crippen molar-refractivity contribution in [2.24, 2.45) is 0 Å². The lowest BCUT2D eigenvalue weighted by atomic mass is 9.92. The van der Waals surface area contributed by atoms with Crippen LogP contribution in [0.3, 0.4) is 0 Å². The molecule has 1 aliphatic carbocycles. The average Bonchev–Trinajstić information content (AvgIpc) is 2.89. The maximum absolute atomic E-state index is 12.9. The van der Waals surface area contributed by atoms with Gasteiger partial charge in [-0.3, -0.25) is 9.78 Å². The minimum atomic E-state index is -3.00. The summed E-state index contributed by atoms with van der Waals surface area (Å²) in [5, 5.41) is 0. The Hall–Kier alpha value is -1.43. The third kappa shape index (κ3) is 3.32. The summed E-state index contributed by atoms with van der Waals surface area (Å²) in [7, 11) is -3.00. The van der Waals surface area contributed by atoms with Gasteiger partial charge in [0.05, 0.1) is 11.5 Å². The summed E-state index contributed by atoms with van der Waals surface area (Å²) >= 11 is 0. The molecule has 120 valence electrons. The summed E-state index contributed by atoms with van der Waals surface area (Å²) in [6, 6.07) is 3.42. The molecular formula is C16H22N2O3S. The predicted molar refractivity (Wildman–Crippen MR) is 84.3 cm³/mol. The number of rotatable bonds is 3. The molecule has 6 heteroatoms. The second kappa shape index (κ2) is 6.36. The second-order valence-electron chi connectivity index (χ2n) is 6.30. The number of sulfone groups is 1. The van der Waals surface area contributed by atoms with Gasteiger partial charge in [0.25, 0.3) is 5.91 Å². The van der Waals surface area contributed by atoms with Gasteiger partial charge in [-0.25, -0.2) is 8.42 Å². The van der Waals surface area contributed by atoms with Crippen molar-refractivity contribution in [2.75, 3.05) is 11.5 Å². The van der Waals surface area contributed by atoms with Crippen molar-refractivity contribution in [3.63, 3.8) is 0 Å². The van der Waals surface area contributed by atoms with Crippen LogP contribution in [0.2, 0.25) is 0 Å². The number of pyridine rings is 1. The Morgan fingerprint density at radius 1 is 1.05 bits per heavy atom. The Bertz CT molecular complexity index is 624. The molecule has 0 spiro atoms. The van der Waals surface area contributed by atoms with Crippen molar-refractivity contribution < 1.29 is 13.2 Å². The maximum Gasteiger partial charge on any atom is 0.254 e. The molecule has 1 aromatic heterocycles. The lowest BCUT2D eigenvalue weighted by Gasteiger charge is -2.38. The molecule has 2 aliphatic rings. The smallest absolute Gasteiger partial charge is 0.254 e. The first kappa shape index (κ1) is 15.5. The zero-order valence-electron chi connectivity index (χ0n) is 12.6. The number of hydrogen-bond donors (Lipinski definition) is 0. The molecule has 0 radical (unpaired) electrons. The SMILES string of the molecule is O=C(c1ccncc1)N(C1CCCCC1)C1CCS(=O)(=O)C1. The molecule has 3 rings (SSSR count). The van der Waals surface area contributed by atoms with Crippen LogP contribution in [0.25, 0.3) is 0 Å². The Morgan fingerprint density at radius 3 is 2.32 bits per heavy atom. The predicted octanol–water partition coefficient (Wildman–Crippen LogP) is 2.04. The van der Waals surface area contributed by atoms with E-state index in [9.17, 15) is 13.2 Å². The monoisotopic (exact) mass is 322 g/mol. The van der Waals surface area contributed by atoms with Gasteiger partial charge in [-0.15, -0.1) is 0 Å². The molecule has 2 heterocycles. The highest BCUT2D eigenvalue weighted by molar-refractivity contribution is 7.91. The van der Waals surface area contributed by atoms with E-state index in [2.05, 4.69) is 4.98 Å². The number of carbonyl (C=O) groups is 1. The van der Waals surface area contributed by atoms with Crippen molar-refractivity contribution in [1.29, 1.82) is 0 Å². The Morgan fingerprint density at radius 2 is 1.73 bits per heavy atom. The van der Waals surface area contributed by atoms with Gasteiger partial charge in [0, 0.05) is 30.0 Å². The van der Waals surface area contributed by atoms with Crippen LogP contribution in [0, 0.1) is 0 Å². The third-order valence-electron chi connectivity index (χ3n) is 4.73. The van der Waals surface area contributed by atoms with Gasteiger partial charge in [-0.05, 0) is 31.4 Å². The van der Waals surface area contributed by atoms with Gasteiger partial charge in [0.1, 0.15) is 0 Å². The van der Waals surface area contributed by atoms with Crippen molar-refractivity contribution in [3.8, 4) is 0 Å². The van der Waals surface area contributed by atoms with Gasteiger partial charge in [-0.2, -0.15) is 0 Å². The molecule has 1 saturated heterocycles. The number of carbonyl (C=O) groups excluding carboxylic acids is 1. The van der Waals surface area contributed by atoms with Crippen LogP contribution in [0.1, 0.15) is 48.9 Å². The molecule has 1 unspecified atom stereocenters. The third-order valence-corrected chi connectivity index (χ3v) is 6.48. The standard InChI is InChI=1S/C16H22N2O3S/c19-16(13-6-9-17-10-7-13)18(14-4-2-1-3-5-14)15-8-11-22(20,21)12-15/h6-7,9-10,14-15H,1-5,8,11-12H2. The molecule has 1 saturated carbocycles. The maximum atomic E-state index is 12.9. The number of nitrogens with zero attached hydrogens (tertiary/aromatic N) is 2. The zero-order valence-corrected chi connectivity index (χ0v) is 13.5. The fraction of sp³-hybridized carbons (Fsp3) is 0.625. The topological polar surface area (TPSA) is 67.3 Å². The van der Waals surface area contributed by atoms with Gasteiger partial charge in [-0.1, -0.05) is 19.3 Å². The van der Waals surface area contributed by atoms with Crippen LogP contribution >= 0.6 is 0 Å². The van der Waals surface area contributed by atoms with E-state index in [1.54, 1.807) is 24.5 Å². The quantitative estimate of drug-likeness (QED) is 0.854. The molecule has 0 N–H and O–H groups in total. The summed E-state index contributed by atoms with van der Waals surface area (Å²) in [4.78, 5) is 18.8. The van der Waals surface area contributed by atoms with Crippen LogP contribution in [0.4, 0.5) is 0 Å². The summed E-state index contributed by atoms with van der Waals surface area (Å²) in [6.07, 6.45) is 9.18. The Kier molecular flexibility index (Phi) is 4.47. The molecule has 0 bridgehead atoms. The number of hydrogen-bond acceptors (Lipinski definition) is 4. The molecule has 0 aromatic carbocycles. The summed E-state index contributed by atoms with van der Waals surface area (Å²) in [6.45, 7) is 0. The zero-order chi connectivity index (χ0) is 15.6. The molecular weight excluding hydrogens is 300 g/mol. The van der Waals surface area contributed by atoms with Crippen LogP contribution in [0.15, 0.2) is 24.5 Å². The Labute approximate surface area is 131 Å². The molecule has 1 atom stereocenters. The lowest BCUT2D eigenvalue weighted by molar-refractivity contribution is 0.0541. The number of amides is 1. The highest BCUT2D eigenvalue weighted by atomic mass is 32.2. The first-order valence-electron chi connectivity index (χ1n) is 8.00. The van der Waals surface area contributed by atoms with E-state index in [-0.39, 0.29) is 29.5 Å². The van der Waals surface area contributed by atoms with Crippen LogP contribution in [-0.4, -0.2) is 47.8 Å². The first-order chi connectivity index (χ1) is 10.6. The fourth-order valence-corrected chi connectivity index (χ4v) is 5.34. The van der Waals surface area contributed by atoms with Crippen LogP contribution in [-0.2, 0) is 9.84 Å². The summed E-state index contributed by atoms with van der Waals surface area (Å²) < 4.78 is 23.7. The van der Waals surface area contributed by atoms with Crippen molar-refractivity contribution in [1.82, 2.24) is 9.88 Å².